The van der Waals surface area contributed by atoms with Crippen molar-refractivity contribution in [3.8, 4) is 0 Å². The summed E-state index contributed by atoms with van der Waals surface area (Å²) in [5.41, 5.74) is 0. The topological polar surface area (TPSA) is 78.9 Å². The molecule has 374 valence electrons. The van der Waals surface area contributed by atoms with Gasteiger partial charge in [0.05, 0.1) is 0 Å². The summed E-state index contributed by atoms with van der Waals surface area (Å²) in [5, 5.41) is 0. The third-order valence-corrected chi connectivity index (χ3v) is 11.0. The Bertz CT molecular complexity index is 1370. The Morgan fingerprint density at radius 1 is 0.318 bits per heavy atom. The largest absolute Gasteiger partial charge is 0.462 e. The van der Waals surface area contributed by atoms with Crippen molar-refractivity contribution in [3.63, 3.8) is 0 Å². The molecule has 0 aromatic heterocycles. The highest BCUT2D eigenvalue weighted by atomic mass is 16.6. The van der Waals surface area contributed by atoms with Gasteiger partial charge in [-0.15, -0.1) is 0 Å². The molecule has 0 saturated heterocycles. The lowest BCUT2D eigenvalue weighted by Crippen LogP contribution is -2.30. The molecule has 1 unspecified atom stereocenters. The highest BCUT2D eigenvalue weighted by Crippen LogP contribution is 2.13. The number of esters is 3. The second kappa shape index (κ2) is 53.7. The Balaban J connectivity index is 4.45. The van der Waals surface area contributed by atoms with Crippen molar-refractivity contribution in [1.82, 2.24) is 0 Å². The minimum absolute atomic E-state index is 0.103. The molecule has 1 atom stereocenters. The van der Waals surface area contributed by atoms with Crippen LogP contribution in [0, 0.1) is 0 Å². The minimum Gasteiger partial charge on any atom is -0.462 e. The van der Waals surface area contributed by atoms with Gasteiger partial charge in [-0.05, 0) is 122 Å². The van der Waals surface area contributed by atoms with Crippen molar-refractivity contribution >= 4 is 17.9 Å². The molecule has 6 heteroatoms. The molecule has 0 saturated carbocycles. The molecule has 0 spiro atoms. The monoisotopic (exact) mass is 915 g/mol. The average Bonchev–Trinajstić information content (AvgIpc) is 3.31. The summed E-state index contributed by atoms with van der Waals surface area (Å²) in [6.45, 7) is 6.34. The first-order chi connectivity index (χ1) is 32.5. The van der Waals surface area contributed by atoms with E-state index in [0.717, 1.165) is 148 Å². The smallest absolute Gasteiger partial charge is 0.306 e. The summed E-state index contributed by atoms with van der Waals surface area (Å²) in [5.74, 6) is -0.962. The van der Waals surface area contributed by atoms with Gasteiger partial charge in [-0.25, -0.2) is 0 Å². The maximum atomic E-state index is 12.8. The first-order valence-electron chi connectivity index (χ1n) is 26.9. The van der Waals surface area contributed by atoms with Crippen LogP contribution < -0.4 is 0 Å². The second-order valence-corrected chi connectivity index (χ2v) is 17.4. The van der Waals surface area contributed by atoms with Crippen LogP contribution in [0.15, 0.2) is 109 Å². The molecule has 0 heterocycles. The standard InChI is InChI=1S/C60H98O6/c1-4-7-10-13-16-19-22-25-27-28-29-30-31-32-33-36-38-41-44-47-50-53-59(62)65-56-57(55-64-58(61)52-49-46-43-40-37-34-24-21-18-15-12-9-6-3)66-60(63)54-51-48-45-42-39-35-26-23-20-17-14-11-8-5-2/h7,9-10,12,16,18-19,21,23,25-27,29-30,32-34,37,57H,4-6,8,11,13-15,17,20,22,24,28,31,35-36,38-56H2,1-3H3/b10-7-,12-9-,19-16-,21-18-,26-23-,27-25-,30-29-,33-32-,37-34-. The molecule has 66 heavy (non-hydrogen) atoms. The van der Waals surface area contributed by atoms with Gasteiger partial charge in [-0.3, -0.25) is 14.4 Å². The van der Waals surface area contributed by atoms with E-state index in [0.29, 0.717) is 19.3 Å². The van der Waals surface area contributed by atoms with Crippen molar-refractivity contribution in [2.24, 2.45) is 0 Å². The molecule has 0 fully saturated rings. The number of carbonyl (C=O) groups excluding carboxylic acids is 3. The molecule has 0 N–H and O–H groups in total. The molecule has 0 aliphatic carbocycles. The van der Waals surface area contributed by atoms with Crippen LogP contribution in [0.5, 0.6) is 0 Å². The van der Waals surface area contributed by atoms with Crippen LogP contribution >= 0.6 is 0 Å². The molecule has 0 aliphatic heterocycles. The molecular weight excluding hydrogens is 817 g/mol. The molecule has 0 radical (unpaired) electrons. The van der Waals surface area contributed by atoms with Crippen LogP contribution in [0.3, 0.4) is 0 Å². The number of rotatable bonds is 47. The number of allylic oxidation sites excluding steroid dienone is 18. The molecule has 0 amide bonds. The van der Waals surface area contributed by atoms with Crippen LogP contribution in [0.25, 0.3) is 0 Å². The van der Waals surface area contributed by atoms with Gasteiger partial charge >= 0.3 is 17.9 Å². The number of hydrogen-bond donors (Lipinski definition) is 0. The van der Waals surface area contributed by atoms with Gasteiger partial charge in [0, 0.05) is 19.3 Å². The average molecular weight is 915 g/mol. The van der Waals surface area contributed by atoms with E-state index in [1.54, 1.807) is 0 Å². The summed E-state index contributed by atoms with van der Waals surface area (Å²) < 4.78 is 16.8. The van der Waals surface area contributed by atoms with Gasteiger partial charge in [-0.1, -0.05) is 201 Å². The second-order valence-electron chi connectivity index (χ2n) is 17.4. The number of carbonyl (C=O) groups is 3. The maximum absolute atomic E-state index is 12.8. The Morgan fingerprint density at radius 3 is 0.955 bits per heavy atom. The van der Waals surface area contributed by atoms with Crippen molar-refractivity contribution in [2.75, 3.05) is 13.2 Å². The fourth-order valence-corrected chi connectivity index (χ4v) is 7.01. The Kier molecular flexibility index (Phi) is 50.5. The number of unbranched alkanes of at least 4 members (excludes halogenated alkanes) is 18. The third-order valence-electron chi connectivity index (χ3n) is 11.0. The summed E-state index contributed by atoms with van der Waals surface area (Å²) in [4.78, 5) is 38.0. The zero-order chi connectivity index (χ0) is 47.9. The van der Waals surface area contributed by atoms with E-state index < -0.39 is 6.10 Å². The van der Waals surface area contributed by atoms with Gasteiger partial charge in [0.1, 0.15) is 13.2 Å². The molecular formula is C60H98O6. The normalized spacial score (nSPS) is 13.0. The lowest BCUT2D eigenvalue weighted by Gasteiger charge is -2.18. The van der Waals surface area contributed by atoms with E-state index >= 15 is 0 Å². The van der Waals surface area contributed by atoms with E-state index in [2.05, 4.69) is 130 Å². The van der Waals surface area contributed by atoms with E-state index in [9.17, 15) is 14.4 Å². The van der Waals surface area contributed by atoms with Gasteiger partial charge < -0.3 is 14.2 Å². The van der Waals surface area contributed by atoms with Crippen molar-refractivity contribution in [1.29, 1.82) is 0 Å². The van der Waals surface area contributed by atoms with Crippen LogP contribution in [-0.4, -0.2) is 37.2 Å². The first-order valence-corrected chi connectivity index (χ1v) is 26.9. The molecule has 0 aromatic rings. The molecule has 0 aliphatic rings. The minimum atomic E-state index is -0.804. The van der Waals surface area contributed by atoms with E-state index in [1.807, 2.05) is 0 Å². The zero-order valence-electron chi connectivity index (χ0n) is 42.7. The number of ether oxygens (including phenoxy) is 3. The quantitative estimate of drug-likeness (QED) is 0.0262. The van der Waals surface area contributed by atoms with Crippen molar-refractivity contribution in [3.05, 3.63) is 109 Å². The lowest BCUT2D eigenvalue weighted by molar-refractivity contribution is -0.167. The van der Waals surface area contributed by atoms with Crippen LogP contribution in [0.2, 0.25) is 0 Å². The Labute approximate surface area is 406 Å². The fraction of sp³-hybridized carbons (Fsp3) is 0.650. The number of hydrogen-bond acceptors (Lipinski definition) is 6. The highest BCUT2D eigenvalue weighted by molar-refractivity contribution is 5.71. The van der Waals surface area contributed by atoms with E-state index in [-0.39, 0.29) is 31.1 Å². The fourth-order valence-electron chi connectivity index (χ4n) is 7.01. The summed E-state index contributed by atoms with van der Waals surface area (Å²) in [7, 11) is 0. The molecule has 6 nitrogen and oxygen atoms in total. The van der Waals surface area contributed by atoms with E-state index in [4.69, 9.17) is 14.2 Å². The van der Waals surface area contributed by atoms with Gasteiger partial charge in [0.15, 0.2) is 6.10 Å². The molecule has 0 rings (SSSR count). The van der Waals surface area contributed by atoms with Crippen molar-refractivity contribution < 1.29 is 28.6 Å². The van der Waals surface area contributed by atoms with Gasteiger partial charge in [0.25, 0.3) is 0 Å². The first kappa shape index (κ1) is 62.1. The molecule has 0 aromatic carbocycles. The zero-order valence-corrected chi connectivity index (χ0v) is 42.7. The SMILES string of the molecule is CC/C=C\C/C=C\C/C=C\C/C=C\C/C=C\CCCCCCCC(=O)OCC(COC(=O)CCCCC/C=C\C/C=C\C/C=C\CC)OC(=O)CCCCCCC/C=C\CCCCCCC. The van der Waals surface area contributed by atoms with Crippen LogP contribution in [0.4, 0.5) is 0 Å². The summed E-state index contributed by atoms with van der Waals surface area (Å²) in [6, 6.07) is 0. The van der Waals surface area contributed by atoms with Gasteiger partial charge in [0.2, 0.25) is 0 Å². The summed E-state index contributed by atoms with van der Waals surface area (Å²) >= 11 is 0. The predicted molar refractivity (Wildman–Crippen MR) is 283 cm³/mol. The third kappa shape index (κ3) is 51.1. The van der Waals surface area contributed by atoms with Crippen LogP contribution in [-0.2, 0) is 28.6 Å². The lowest BCUT2D eigenvalue weighted by atomic mass is 10.1. The highest BCUT2D eigenvalue weighted by Gasteiger charge is 2.19. The maximum Gasteiger partial charge on any atom is 0.306 e. The predicted octanol–water partition coefficient (Wildman–Crippen LogP) is 17.9. The molecule has 0 bridgehead atoms. The van der Waals surface area contributed by atoms with Crippen molar-refractivity contribution in [2.45, 2.75) is 239 Å². The Morgan fingerprint density at radius 2 is 0.591 bits per heavy atom. The summed E-state index contributed by atoms with van der Waals surface area (Å²) in [6.07, 6.45) is 72.2. The van der Waals surface area contributed by atoms with E-state index in [1.165, 1.54) is 44.9 Å². The van der Waals surface area contributed by atoms with Gasteiger partial charge in [-0.2, -0.15) is 0 Å². The Hall–Kier alpha value is -3.93. The van der Waals surface area contributed by atoms with Crippen LogP contribution in [0.1, 0.15) is 233 Å².